The van der Waals surface area contributed by atoms with Gasteiger partial charge < -0.3 is 15.4 Å². The average Bonchev–Trinajstić information content (AvgIpc) is 3.29. The van der Waals surface area contributed by atoms with Gasteiger partial charge in [0.1, 0.15) is 6.54 Å². The van der Waals surface area contributed by atoms with Crippen LogP contribution in [-0.2, 0) is 26.0 Å². The first-order valence-electron chi connectivity index (χ1n) is 10.6. The molecule has 32 heavy (non-hydrogen) atoms. The highest BCUT2D eigenvalue weighted by Gasteiger charge is 2.24. The van der Waals surface area contributed by atoms with Crippen LogP contribution < -0.4 is 14.9 Å². The van der Waals surface area contributed by atoms with Crippen molar-refractivity contribution in [3.63, 3.8) is 0 Å². The molecule has 2 aromatic rings. The second kappa shape index (κ2) is 10.6. The van der Waals surface area contributed by atoms with Crippen LogP contribution in [0.2, 0.25) is 0 Å². The minimum atomic E-state index is -3.70. The summed E-state index contributed by atoms with van der Waals surface area (Å²) in [5.74, 6) is -0.867. The number of sulfonamides is 1. The van der Waals surface area contributed by atoms with Crippen LogP contribution in [0, 0.1) is 0 Å². The second-order valence-corrected chi connectivity index (χ2v) is 9.60. The van der Waals surface area contributed by atoms with E-state index in [9.17, 15) is 18.0 Å². The number of ether oxygens (including phenoxy) is 1. The minimum absolute atomic E-state index is 0.00246. The molecule has 0 spiro atoms. The van der Waals surface area contributed by atoms with Crippen molar-refractivity contribution in [3.8, 4) is 0 Å². The molecule has 0 saturated carbocycles. The molecule has 1 aliphatic rings. The Labute approximate surface area is 189 Å². The maximum atomic E-state index is 12.8. The summed E-state index contributed by atoms with van der Waals surface area (Å²) in [6.45, 7) is 2.62. The lowest BCUT2D eigenvalue weighted by Crippen LogP contribution is -2.38. The van der Waals surface area contributed by atoms with Gasteiger partial charge in [0.25, 0.3) is 5.91 Å². The van der Waals surface area contributed by atoms with Crippen molar-refractivity contribution >= 4 is 33.2 Å². The molecule has 0 bridgehead atoms. The summed E-state index contributed by atoms with van der Waals surface area (Å²) >= 11 is 0. The van der Waals surface area contributed by atoms with Crippen LogP contribution >= 0.6 is 0 Å². The van der Waals surface area contributed by atoms with Crippen LogP contribution in [0.3, 0.4) is 0 Å². The lowest BCUT2D eigenvalue weighted by Gasteiger charge is -2.24. The standard InChI is InChI=1S/C23H29N3O5S/c1-3-17-9-4-7-13-21(17)26(32(2,29)30)16-22(27)25-20-12-6-5-11-19(20)23(28)24-15-18-10-8-14-31-18/h4-7,9,11-13,18H,3,8,10,14-16H2,1-2H3,(H,24,28)(H,25,27)/t18-/m1/s1. The van der Waals surface area contributed by atoms with E-state index in [0.717, 1.165) is 29.0 Å². The van der Waals surface area contributed by atoms with E-state index in [-0.39, 0.29) is 12.0 Å². The van der Waals surface area contributed by atoms with Gasteiger partial charge in [0, 0.05) is 13.2 Å². The molecule has 9 heteroatoms. The van der Waals surface area contributed by atoms with Crippen molar-refractivity contribution in [1.29, 1.82) is 0 Å². The van der Waals surface area contributed by atoms with E-state index < -0.39 is 22.5 Å². The largest absolute Gasteiger partial charge is 0.376 e. The molecule has 1 atom stereocenters. The fourth-order valence-electron chi connectivity index (χ4n) is 3.65. The smallest absolute Gasteiger partial charge is 0.253 e. The van der Waals surface area contributed by atoms with E-state index in [1.54, 1.807) is 36.4 Å². The third kappa shape index (κ3) is 6.08. The van der Waals surface area contributed by atoms with E-state index in [1.165, 1.54) is 0 Å². The molecular formula is C23H29N3O5S. The molecule has 2 aromatic carbocycles. The number of nitrogens with zero attached hydrogens (tertiary/aromatic N) is 1. The summed E-state index contributed by atoms with van der Waals surface area (Å²) in [6, 6.07) is 13.7. The van der Waals surface area contributed by atoms with E-state index in [4.69, 9.17) is 4.74 Å². The van der Waals surface area contributed by atoms with Crippen molar-refractivity contribution in [3.05, 3.63) is 59.7 Å². The number of rotatable bonds is 9. The maximum Gasteiger partial charge on any atom is 0.253 e. The Balaban J connectivity index is 1.74. The van der Waals surface area contributed by atoms with Gasteiger partial charge in [-0.1, -0.05) is 37.3 Å². The third-order valence-corrected chi connectivity index (χ3v) is 6.42. The number of amides is 2. The van der Waals surface area contributed by atoms with Gasteiger partial charge in [-0.05, 0) is 43.0 Å². The molecule has 0 aromatic heterocycles. The highest BCUT2D eigenvalue weighted by Crippen LogP contribution is 2.24. The summed E-state index contributed by atoms with van der Waals surface area (Å²) < 4.78 is 31.5. The van der Waals surface area contributed by atoms with Crippen LogP contribution in [0.5, 0.6) is 0 Å². The molecule has 0 unspecified atom stereocenters. The van der Waals surface area contributed by atoms with E-state index in [2.05, 4.69) is 10.6 Å². The molecule has 2 N–H and O–H groups in total. The van der Waals surface area contributed by atoms with Crippen molar-refractivity contribution < 1.29 is 22.7 Å². The predicted octanol–water partition coefficient (Wildman–Crippen LogP) is 2.56. The monoisotopic (exact) mass is 459 g/mol. The molecular weight excluding hydrogens is 430 g/mol. The predicted molar refractivity (Wildman–Crippen MR) is 124 cm³/mol. The first kappa shape index (κ1) is 23.7. The first-order valence-corrected chi connectivity index (χ1v) is 12.5. The first-order chi connectivity index (χ1) is 15.3. The second-order valence-electron chi connectivity index (χ2n) is 7.69. The van der Waals surface area contributed by atoms with Crippen LogP contribution in [0.25, 0.3) is 0 Å². The Hall–Kier alpha value is -2.91. The number of hydrogen-bond acceptors (Lipinski definition) is 5. The van der Waals surface area contributed by atoms with Crippen molar-refractivity contribution in [2.45, 2.75) is 32.3 Å². The number of aryl methyl sites for hydroxylation is 1. The van der Waals surface area contributed by atoms with Gasteiger partial charge in [0.2, 0.25) is 15.9 Å². The number of carbonyl (C=O) groups excluding carboxylic acids is 2. The van der Waals surface area contributed by atoms with Crippen molar-refractivity contribution in [2.24, 2.45) is 0 Å². The van der Waals surface area contributed by atoms with Crippen LogP contribution in [0.1, 0.15) is 35.7 Å². The molecule has 8 nitrogen and oxygen atoms in total. The number of para-hydroxylation sites is 2. The maximum absolute atomic E-state index is 12.8. The Morgan fingerprint density at radius 2 is 1.84 bits per heavy atom. The van der Waals surface area contributed by atoms with Crippen LogP contribution in [-0.4, -0.2) is 52.3 Å². The van der Waals surface area contributed by atoms with Gasteiger partial charge in [-0.25, -0.2) is 8.42 Å². The molecule has 3 rings (SSSR count). The summed E-state index contributed by atoms with van der Waals surface area (Å²) in [5, 5.41) is 5.53. The highest BCUT2D eigenvalue weighted by atomic mass is 32.2. The SMILES string of the molecule is CCc1ccccc1N(CC(=O)Nc1ccccc1C(=O)NC[C@H]1CCCO1)S(C)(=O)=O. The fourth-order valence-corrected chi connectivity index (χ4v) is 4.54. The molecule has 172 valence electrons. The van der Waals surface area contributed by atoms with Crippen molar-refractivity contribution in [1.82, 2.24) is 5.32 Å². The fraction of sp³-hybridized carbons (Fsp3) is 0.391. The number of anilines is 2. The van der Waals surface area contributed by atoms with Crippen LogP contribution in [0.4, 0.5) is 11.4 Å². The normalized spacial score (nSPS) is 15.9. The number of benzene rings is 2. The summed E-state index contributed by atoms with van der Waals surface area (Å²) in [7, 11) is -3.70. The molecule has 1 aliphatic heterocycles. The van der Waals surface area contributed by atoms with Gasteiger partial charge in [-0.3, -0.25) is 13.9 Å². The lowest BCUT2D eigenvalue weighted by atomic mass is 10.1. The minimum Gasteiger partial charge on any atom is -0.376 e. The summed E-state index contributed by atoms with van der Waals surface area (Å²) in [5.41, 5.74) is 1.91. The average molecular weight is 460 g/mol. The Kier molecular flexibility index (Phi) is 7.87. The quantitative estimate of drug-likeness (QED) is 0.600. The summed E-state index contributed by atoms with van der Waals surface area (Å²) in [4.78, 5) is 25.5. The lowest BCUT2D eigenvalue weighted by molar-refractivity contribution is -0.114. The zero-order valence-corrected chi connectivity index (χ0v) is 19.2. The molecule has 0 aliphatic carbocycles. The Morgan fingerprint density at radius 1 is 1.12 bits per heavy atom. The van der Waals surface area contributed by atoms with E-state index in [0.29, 0.717) is 36.5 Å². The van der Waals surface area contributed by atoms with Gasteiger partial charge in [0.05, 0.1) is 29.3 Å². The van der Waals surface area contributed by atoms with Gasteiger partial charge >= 0.3 is 0 Å². The van der Waals surface area contributed by atoms with Gasteiger partial charge in [0.15, 0.2) is 0 Å². The highest BCUT2D eigenvalue weighted by molar-refractivity contribution is 7.92. The Morgan fingerprint density at radius 3 is 2.53 bits per heavy atom. The molecule has 0 radical (unpaired) electrons. The van der Waals surface area contributed by atoms with E-state index >= 15 is 0 Å². The topological polar surface area (TPSA) is 105 Å². The summed E-state index contributed by atoms with van der Waals surface area (Å²) in [6.07, 6.45) is 3.57. The molecule has 2 amide bonds. The van der Waals surface area contributed by atoms with E-state index in [1.807, 2.05) is 19.1 Å². The van der Waals surface area contributed by atoms with Gasteiger partial charge in [-0.15, -0.1) is 0 Å². The van der Waals surface area contributed by atoms with Crippen LogP contribution in [0.15, 0.2) is 48.5 Å². The number of hydrogen-bond donors (Lipinski definition) is 2. The Bertz CT molecular complexity index is 1060. The molecule has 1 saturated heterocycles. The van der Waals surface area contributed by atoms with Crippen molar-refractivity contribution in [2.75, 3.05) is 35.6 Å². The number of carbonyl (C=O) groups is 2. The zero-order valence-electron chi connectivity index (χ0n) is 18.3. The third-order valence-electron chi connectivity index (χ3n) is 5.29. The molecule has 1 heterocycles. The molecule has 1 fully saturated rings. The number of nitrogens with one attached hydrogen (secondary N) is 2. The zero-order chi connectivity index (χ0) is 23.1. The van der Waals surface area contributed by atoms with Gasteiger partial charge in [-0.2, -0.15) is 0 Å².